The quantitative estimate of drug-likeness (QED) is 0.0296. The van der Waals surface area contributed by atoms with E-state index >= 15 is 0 Å². The highest BCUT2D eigenvalue weighted by molar-refractivity contribution is 5.90. The average molecular weight is 1140 g/mol. The van der Waals surface area contributed by atoms with Gasteiger partial charge in [0.2, 0.25) is 0 Å². The summed E-state index contributed by atoms with van der Waals surface area (Å²) in [7, 11) is 1.63. The monoisotopic (exact) mass is 1140 g/mol. The van der Waals surface area contributed by atoms with Crippen LogP contribution in [0.1, 0.15) is 152 Å². The Bertz CT molecular complexity index is 1960. The van der Waals surface area contributed by atoms with Crippen LogP contribution in [-0.4, -0.2) is 184 Å². The van der Waals surface area contributed by atoms with Crippen molar-refractivity contribution < 1.29 is 89.9 Å². The SMILES string of the molecule is CN=C(N)NCCC/C=C/CCCC(C)CC(C)C1OC(=O)C(C)C(O)/C=C/C(C)C(O)C(C)C(O)C(C)C(O)CCCC(O)CC2(O)OC(CC(OC(=O)CC(=O)O)CC(O)CC(O)C(C)C(O)/C=C/C=C/C1C)CC(O)C2O. The standard InChI is InChI=1S/C59H103N3O18/c1-34(19-14-12-10-11-13-17-26-62-58(60)61-9)27-37(4)55-36(3)20-15-16-22-46(65)38(5)49(68)29-43(64)28-44(78-52(72)32-51(70)71)30-45-31-50(69)56(75)59(77,80-45)33-42(63)21-18-23-47(66)39(6)54(74)41(8)53(73)35(2)24-25-48(67)40(7)57(76)79-55/h10-11,15-16,20,22,24-25,34-50,53-56,63-69,73-75,77H,12-14,17-19,21,23,26-33H2,1-9H3,(H,70,71)(H3,60,61,62)/b11-10+,20-15+,22-16+,25-24+. The summed E-state index contributed by atoms with van der Waals surface area (Å²) in [5.74, 6) is -9.57. The molecule has 2 aliphatic rings. The van der Waals surface area contributed by atoms with E-state index < -0.39 is 145 Å². The first kappa shape index (κ1) is 72.3. The van der Waals surface area contributed by atoms with Gasteiger partial charge in [-0.1, -0.05) is 103 Å². The minimum absolute atomic E-state index is 0.0273. The van der Waals surface area contributed by atoms with Gasteiger partial charge in [0.15, 0.2) is 11.7 Å². The van der Waals surface area contributed by atoms with Crippen molar-refractivity contribution in [3.8, 4) is 0 Å². The predicted molar refractivity (Wildman–Crippen MR) is 302 cm³/mol. The Morgan fingerprint density at radius 1 is 0.775 bits per heavy atom. The molecule has 22 unspecified atom stereocenters. The van der Waals surface area contributed by atoms with Crippen LogP contribution in [0.15, 0.2) is 53.6 Å². The van der Waals surface area contributed by atoms with Crippen molar-refractivity contribution in [1.29, 1.82) is 0 Å². The summed E-state index contributed by atoms with van der Waals surface area (Å²) in [4.78, 5) is 41.7. The first-order valence-electron chi connectivity index (χ1n) is 29.0. The average Bonchev–Trinajstić information content (AvgIpc) is 3.40. The number of aliphatic hydroxyl groups is 11. The topological polar surface area (TPSA) is 372 Å². The van der Waals surface area contributed by atoms with E-state index in [1.165, 1.54) is 12.2 Å². The number of carbonyl (C=O) groups is 3. The van der Waals surface area contributed by atoms with E-state index in [-0.39, 0.29) is 62.7 Å². The number of rotatable bonds is 14. The fourth-order valence-corrected chi connectivity index (χ4v) is 10.6. The Labute approximate surface area is 474 Å². The number of allylic oxidation sites excluding steroid dienone is 4. The molecule has 15 N–H and O–H groups in total. The van der Waals surface area contributed by atoms with Crippen LogP contribution in [0.25, 0.3) is 0 Å². The molecule has 21 nitrogen and oxygen atoms in total. The van der Waals surface area contributed by atoms with Gasteiger partial charge in [-0.3, -0.25) is 19.4 Å². The lowest BCUT2D eigenvalue weighted by Gasteiger charge is -2.45. The lowest BCUT2D eigenvalue weighted by Crippen LogP contribution is -2.59. The number of carboxylic acids is 1. The molecule has 21 heteroatoms. The van der Waals surface area contributed by atoms with Gasteiger partial charge < -0.3 is 86.5 Å². The molecule has 0 radical (unpaired) electrons. The maximum absolute atomic E-state index is 13.9. The normalized spacial score (nSPS) is 38.9. The number of aliphatic hydroxyl groups excluding tert-OH is 10. The largest absolute Gasteiger partial charge is 0.481 e. The fraction of sp³-hybridized carbons (Fsp3) is 0.797. The second kappa shape index (κ2) is 36.7. The second-order valence-electron chi connectivity index (χ2n) is 23.3. The van der Waals surface area contributed by atoms with Gasteiger partial charge in [-0.2, -0.15) is 0 Å². The number of guanidine groups is 1. The molecule has 462 valence electrons. The maximum Gasteiger partial charge on any atom is 0.317 e. The molecule has 1 fully saturated rings. The number of hydrogen-bond donors (Lipinski definition) is 14. The third kappa shape index (κ3) is 25.7. The van der Waals surface area contributed by atoms with Crippen molar-refractivity contribution in [2.45, 2.75) is 237 Å². The number of carboxylic acid groups (broad SMARTS) is 1. The molecule has 0 aromatic carbocycles. The molecule has 0 saturated carbocycles. The highest BCUT2D eigenvalue weighted by Gasteiger charge is 2.50. The van der Waals surface area contributed by atoms with Gasteiger partial charge >= 0.3 is 17.9 Å². The van der Waals surface area contributed by atoms with E-state index in [4.69, 9.17) is 19.9 Å². The Morgan fingerprint density at radius 3 is 2.08 bits per heavy atom. The number of nitrogens with zero attached hydrogens (tertiary/aromatic N) is 1. The van der Waals surface area contributed by atoms with E-state index in [1.807, 2.05) is 19.9 Å². The van der Waals surface area contributed by atoms with Crippen molar-refractivity contribution in [2.75, 3.05) is 13.6 Å². The van der Waals surface area contributed by atoms with Gasteiger partial charge in [0.05, 0.1) is 67.0 Å². The number of unbranched alkanes of at least 4 members (excludes halogenated alkanes) is 2. The zero-order valence-corrected chi connectivity index (χ0v) is 48.9. The zero-order chi connectivity index (χ0) is 60.4. The van der Waals surface area contributed by atoms with E-state index in [1.54, 1.807) is 59.9 Å². The minimum atomic E-state index is -2.53. The summed E-state index contributed by atoms with van der Waals surface area (Å²) in [6.07, 6.45) is -0.0102. The van der Waals surface area contributed by atoms with Crippen LogP contribution >= 0.6 is 0 Å². The van der Waals surface area contributed by atoms with Gasteiger partial charge in [-0.25, -0.2) is 0 Å². The van der Waals surface area contributed by atoms with Crippen molar-refractivity contribution >= 4 is 23.9 Å². The van der Waals surface area contributed by atoms with Crippen molar-refractivity contribution in [2.24, 2.45) is 58.1 Å². The summed E-state index contributed by atoms with van der Waals surface area (Å²) >= 11 is 0. The highest BCUT2D eigenvalue weighted by Crippen LogP contribution is 2.36. The number of ether oxygens (including phenoxy) is 3. The molecule has 2 heterocycles. The lowest BCUT2D eigenvalue weighted by atomic mass is 9.81. The summed E-state index contributed by atoms with van der Waals surface area (Å²) in [5.41, 5.74) is 5.69. The molecule has 0 spiro atoms. The summed E-state index contributed by atoms with van der Waals surface area (Å²) in [6, 6.07) is 0. The number of carbonyl (C=O) groups excluding carboxylic acids is 2. The molecule has 0 amide bonds. The molecular formula is C59H103N3O18. The van der Waals surface area contributed by atoms with Gasteiger partial charge in [-0.15, -0.1) is 0 Å². The highest BCUT2D eigenvalue weighted by atomic mass is 16.7. The first-order chi connectivity index (χ1) is 37.5. The molecule has 1 saturated heterocycles. The Kier molecular flexibility index (Phi) is 33.1. The molecule has 2 bridgehead atoms. The number of esters is 2. The molecular weight excluding hydrogens is 1040 g/mol. The molecule has 2 rings (SSSR count). The van der Waals surface area contributed by atoms with Crippen LogP contribution < -0.4 is 11.1 Å². The van der Waals surface area contributed by atoms with Crippen LogP contribution in [0.3, 0.4) is 0 Å². The lowest BCUT2D eigenvalue weighted by molar-refractivity contribution is -0.332. The van der Waals surface area contributed by atoms with E-state index in [0.717, 1.165) is 45.1 Å². The molecule has 80 heavy (non-hydrogen) atoms. The molecule has 22 atom stereocenters. The fourth-order valence-electron chi connectivity index (χ4n) is 10.6. The number of fused-ring (bicyclic) bond motifs is 2. The first-order valence-corrected chi connectivity index (χ1v) is 29.0. The smallest absolute Gasteiger partial charge is 0.317 e. The van der Waals surface area contributed by atoms with Gasteiger partial charge in [0, 0.05) is 68.9 Å². The molecule has 0 aromatic rings. The van der Waals surface area contributed by atoms with Gasteiger partial charge in [0.25, 0.3) is 0 Å². The number of nitrogens with two attached hydrogens (primary N) is 1. The van der Waals surface area contributed by atoms with Gasteiger partial charge in [0.1, 0.15) is 24.7 Å². The van der Waals surface area contributed by atoms with E-state index in [9.17, 15) is 75.7 Å². The molecule has 0 aliphatic carbocycles. The zero-order valence-electron chi connectivity index (χ0n) is 48.9. The molecule has 2 aliphatic heterocycles. The third-order valence-electron chi connectivity index (χ3n) is 16.1. The van der Waals surface area contributed by atoms with Crippen molar-refractivity contribution in [3.63, 3.8) is 0 Å². The number of cyclic esters (lactones) is 1. The van der Waals surface area contributed by atoms with Crippen molar-refractivity contribution in [3.05, 3.63) is 48.6 Å². The van der Waals surface area contributed by atoms with Crippen LogP contribution in [0.5, 0.6) is 0 Å². The summed E-state index contributed by atoms with van der Waals surface area (Å²) < 4.78 is 17.5. The Hall–Kier alpha value is -3.84. The number of nitrogens with one attached hydrogen (secondary N) is 1. The number of hydrogen-bond acceptors (Lipinski definition) is 18. The molecule has 0 aromatic heterocycles. The minimum Gasteiger partial charge on any atom is -0.481 e. The number of aliphatic imine (C=N–C) groups is 1. The maximum atomic E-state index is 13.9. The second-order valence-corrected chi connectivity index (χ2v) is 23.3. The van der Waals surface area contributed by atoms with Crippen LogP contribution in [-0.2, 0) is 28.6 Å². The van der Waals surface area contributed by atoms with E-state index in [2.05, 4.69) is 29.4 Å². The van der Waals surface area contributed by atoms with Crippen molar-refractivity contribution in [1.82, 2.24) is 5.32 Å². The number of aliphatic carboxylic acids is 1. The third-order valence-corrected chi connectivity index (χ3v) is 16.1. The van der Waals surface area contributed by atoms with E-state index in [0.29, 0.717) is 5.96 Å². The van der Waals surface area contributed by atoms with Crippen LogP contribution in [0.2, 0.25) is 0 Å². The predicted octanol–water partition coefficient (Wildman–Crippen LogP) is 3.30. The summed E-state index contributed by atoms with van der Waals surface area (Å²) in [5, 5.41) is 135. The Morgan fingerprint density at radius 2 is 1.43 bits per heavy atom. The van der Waals surface area contributed by atoms with Gasteiger partial charge in [-0.05, 0) is 76.5 Å². The summed E-state index contributed by atoms with van der Waals surface area (Å²) in [6.45, 7) is 14.9. The Balaban J connectivity index is 2.44. The van der Waals surface area contributed by atoms with Crippen LogP contribution in [0, 0.1) is 47.3 Å². The van der Waals surface area contributed by atoms with Crippen LogP contribution in [0.4, 0.5) is 0 Å².